The summed E-state index contributed by atoms with van der Waals surface area (Å²) >= 11 is 0. The minimum absolute atomic E-state index is 0.196. The van der Waals surface area contributed by atoms with Crippen LogP contribution in [0.15, 0.2) is 10.6 Å². The van der Waals surface area contributed by atoms with E-state index in [9.17, 15) is 5.21 Å². The zero-order valence-corrected chi connectivity index (χ0v) is 9.37. The molecule has 0 unspecified atom stereocenters. The Labute approximate surface area is 88.1 Å². The molecule has 15 heavy (non-hydrogen) atoms. The predicted octanol–water partition coefficient (Wildman–Crippen LogP) is 2.20. The van der Waals surface area contributed by atoms with Gasteiger partial charge in [0.15, 0.2) is 11.4 Å². The molecule has 80 valence electrons. The lowest BCUT2D eigenvalue weighted by atomic mass is 10.0. The van der Waals surface area contributed by atoms with E-state index in [4.69, 9.17) is 4.52 Å². The number of aromatic nitrogens is 2. The molecule has 0 atom stereocenters. The average Bonchev–Trinajstić information content (AvgIpc) is 2.46. The summed E-state index contributed by atoms with van der Waals surface area (Å²) in [6, 6.07) is 1.87. The molecule has 0 aliphatic carbocycles. The van der Waals surface area contributed by atoms with E-state index < -0.39 is 0 Å². The molecule has 2 rings (SSSR count). The maximum absolute atomic E-state index is 12.1. The van der Waals surface area contributed by atoms with Crippen LogP contribution in [0.5, 0.6) is 0 Å². The molecule has 2 aromatic rings. The number of hydrogen-bond acceptors (Lipinski definition) is 3. The van der Waals surface area contributed by atoms with Gasteiger partial charge in [-0.3, -0.25) is 0 Å². The lowest BCUT2D eigenvalue weighted by Gasteiger charge is -2.10. The van der Waals surface area contributed by atoms with E-state index in [1.165, 1.54) is 0 Å². The van der Waals surface area contributed by atoms with Crippen LogP contribution in [0.1, 0.15) is 36.7 Å². The highest BCUT2D eigenvalue weighted by Gasteiger charge is 2.22. The number of pyridine rings is 1. The highest BCUT2D eigenvalue weighted by atomic mass is 16.5. The van der Waals surface area contributed by atoms with Crippen LogP contribution in [0.3, 0.4) is 0 Å². The van der Waals surface area contributed by atoms with Gasteiger partial charge in [0.1, 0.15) is 0 Å². The van der Waals surface area contributed by atoms with Crippen LogP contribution < -0.4 is 4.73 Å². The second kappa shape index (κ2) is 3.22. The molecule has 4 nitrogen and oxygen atoms in total. The number of rotatable bonds is 1. The van der Waals surface area contributed by atoms with Crippen molar-refractivity contribution in [2.45, 2.75) is 33.6 Å². The Morgan fingerprint density at radius 2 is 2.07 bits per heavy atom. The van der Waals surface area contributed by atoms with Crippen molar-refractivity contribution in [1.29, 1.82) is 0 Å². The second-order valence-electron chi connectivity index (χ2n) is 4.14. The molecule has 0 fully saturated rings. The summed E-state index contributed by atoms with van der Waals surface area (Å²) in [6.07, 6.45) is 0. The zero-order valence-electron chi connectivity index (χ0n) is 9.37. The summed E-state index contributed by atoms with van der Waals surface area (Å²) in [5.41, 5.74) is 3.48. The Morgan fingerprint density at radius 1 is 1.40 bits per heavy atom. The first-order chi connectivity index (χ1) is 7.02. The maximum atomic E-state index is 12.1. The number of nitrogens with zero attached hydrogens (tertiary/aromatic N) is 2. The summed E-state index contributed by atoms with van der Waals surface area (Å²) in [7, 11) is 0. The van der Waals surface area contributed by atoms with E-state index in [1.807, 2.05) is 26.8 Å². The molecule has 0 saturated carbocycles. The monoisotopic (exact) mass is 206 g/mol. The van der Waals surface area contributed by atoms with Crippen LogP contribution in [-0.2, 0) is 0 Å². The minimum atomic E-state index is 0.196. The van der Waals surface area contributed by atoms with Gasteiger partial charge in [-0.2, -0.15) is 4.73 Å². The van der Waals surface area contributed by atoms with Gasteiger partial charge >= 0.3 is 0 Å². The van der Waals surface area contributed by atoms with E-state index in [0.29, 0.717) is 16.8 Å². The van der Waals surface area contributed by atoms with Gasteiger partial charge in [-0.05, 0) is 19.9 Å². The number of fused-ring (bicyclic) bond motifs is 1. The fourth-order valence-corrected chi connectivity index (χ4v) is 1.97. The Balaban J connectivity index is 2.87. The highest BCUT2D eigenvalue weighted by molar-refractivity contribution is 5.71. The fourth-order valence-electron chi connectivity index (χ4n) is 1.97. The Bertz CT molecular complexity index is 515. The first kappa shape index (κ1) is 9.96. The van der Waals surface area contributed by atoms with Crippen molar-refractivity contribution in [2.75, 3.05) is 0 Å². The number of hydrogen-bond donors (Lipinski definition) is 0. The predicted molar refractivity (Wildman–Crippen MR) is 56.5 cm³/mol. The molecule has 0 saturated heterocycles. The SMILES string of the molecule is Cc1cc2onc(C)c2[n+]([O-])c1C(C)C. The van der Waals surface area contributed by atoms with E-state index in [0.717, 1.165) is 16.0 Å². The van der Waals surface area contributed by atoms with Crippen LogP contribution in [0.25, 0.3) is 11.1 Å². The van der Waals surface area contributed by atoms with Crippen molar-refractivity contribution in [2.24, 2.45) is 0 Å². The normalized spacial score (nSPS) is 11.5. The van der Waals surface area contributed by atoms with Crippen molar-refractivity contribution >= 4 is 11.1 Å². The molecule has 0 bridgehead atoms. The van der Waals surface area contributed by atoms with Crippen molar-refractivity contribution < 1.29 is 9.25 Å². The molecule has 0 radical (unpaired) electrons. The second-order valence-corrected chi connectivity index (χ2v) is 4.14. The maximum Gasteiger partial charge on any atom is 0.287 e. The Kier molecular flexibility index (Phi) is 2.14. The van der Waals surface area contributed by atoms with Crippen LogP contribution in [0.4, 0.5) is 0 Å². The van der Waals surface area contributed by atoms with Crippen molar-refractivity contribution in [3.8, 4) is 0 Å². The van der Waals surface area contributed by atoms with Crippen LogP contribution in [0.2, 0.25) is 0 Å². The first-order valence-corrected chi connectivity index (χ1v) is 5.01. The summed E-state index contributed by atoms with van der Waals surface area (Å²) < 4.78 is 6.02. The van der Waals surface area contributed by atoms with Gasteiger partial charge in [0.2, 0.25) is 5.58 Å². The van der Waals surface area contributed by atoms with Crippen molar-refractivity contribution in [3.05, 3.63) is 28.2 Å². The van der Waals surface area contributed by atoms with E-state index in [2.05, 4.69) is 5.16 Å². The smallest absolute Gasteiger partial charge is 0.287 e. The third-order valence-corrected chi connectivity index (χ3v) is 2.58. The van der Waals surface area contributed by atoms with Gasteiger partial charge in [0, 0.05) is 11.5 Å². The lowest BCUT2D eigenvalue weighted by molar-refractivity contribution is -0.588. The van der Waals surface area contributed by atoms with E-state index >= 15 is 0 Å². The van der Waals surface area contributed by atoms with Crippen molar-refractivity contribution in [1.82, 2.24) is 5.16 Å². The van der Waals surface area contributed by atoms with Gasteiger partial charge in [0.25, 0.3) is 5.52 Å². The van der Waals surface area contributed by atoms with Crippen molar-refractivity contribution in [3.63, 3.8) is 0 Å². The molecule has 0 spiro atoms. The molecule has 0 aromatic carbocycles. The molecular formula is C11H14N2O2. The average molecular weight is 206 g/mol. The van der Waals surface area contributed by atoms with Crippen LogP contribution in [0, 0.1) is 19.1 Å². The Hall–Kier alpha value is -1.58. The van der Waals surface area contributed by atoms with Gasteiger partial charge in [-0.1, -0.05) is 19.0 Å². The number of aryl methyl sites for hydroxylation is 2. The summed E-state index contributed by atoms with van der Waals surface area (Å²) in [5.74, 6) is 0.196. The van der Waals surface area contributed by atoms with E-state index in [-0.39, 0.29) is 5.92 Å². The molecule has 0 amide bonds. The summed E-state index contributed by atoms with van der Waals surface area (Å²) in [4.78, 5) is 0. The molecule has 2 aromatic heterocycles. The lowest BCUT2D eigenvalue weighted by Crippen LogP contribution is -2.34. The molecule has 2 heterocycles. The zero-order chi connectivity index (χ0) is 11.2. The summed E-state index contributed by atoms with van der Waals surface area (Å²) in [5, 5.41) is 15.9. The molecule has 0 aliphatic heterocycles. The van der Waals surface area contributed by atoms with Gasteiger partial charge in [-0.25, -0.2) is 0 Å². The fraction of sp³-hybridized carbons (Fsp3) is 0.455. The topological polar surface area (TPSA) is 53.0 Å². The Morgan fingerprint density at radius 3 is 2.67 bits per heavy atom. The molecular weight excluding hydrogens is 192 g/mol. The third kappa shape index (κ3) is 1.37. The quantitative estimate of drug-likeness (QED) is 0.531. The largest absolute Gasteiger partial charge is 0.618 e. The molecule has 4 heteroatoms. The van der Waals surface area contributed by atoms with Crippen LogP contribution >= 0.6 is 0 Å². The summed E-state index contributed by atoms with van der Waals surface area (Å²) in [6.45, 7) is 7.71. The molecule has 0 N–H and O–H groups in total. The third-order valence-electron chi connectivity index (χ3n) is 2.58. The minimum Gasteiger partial charge on any atom is -0.618 e. The van der Waals surface area contributed by atoms with Crippen LogP contribution in [-0.4, -0.2) is 5.16 Å². The van der Waals surface area contributed by atoms with E-state index in [1.54, 1.807) is 6.92 Å². The molecule has 0 aliphatic rings. The first-order valence-electron chi connectivity index (χ1n) is 5.01. The van der Waals surface area contributed by atoms with Gasteiger partial charge < -0.3 is 9.73 Å². The van der Waals surface area contributed by atoms with Gasteiger partial charge in [-0.15, -0.1) is 0 Å². The standard InChI is InChI=1S/C11H14N2O2/c1-6(2)10-7(3)5-9-11(13(10)14)8(4)12-15-9/h5-6H,1-4H3. The van der Waals surface area contributed by atoms with Gasteiger partial charge in [0.05, 0.1) is 0 Å². The highest BCUT2D eigenvalue weighted by Crippen LogP contribution is 2.21.